The van der Waals surface area contributed by atoms with Crippen LogP contribution in [0.25, 0.3) is 11.1 Å². The molecule has 0 unspecified atom stereocenters. The molecule has 2 saturated carbocycles. The molecular formula is C24H32ClFN4O2. The number of pyridine rings is 1. The second-order valence-corrected chi connectivity index (χ2v) is 9.37. The molecule has 4 rings (SSSR count). The molecule has 32 heavy (non-hydrogen) atoms. The van der Waals surface area contributed by atoms with E-state index >= 15 is 0 Å². The maximum absolute atomic E-state index is 14.7. The summed E-state index contributed by atoms with van der Waals surface area (Å²) < 4.78 is 19.8. The average molecular weight is 463 g/mol. The topological polar surface area (TPSA) is 78.4 Å². The first-order valence-electron chi connectivity index (χ1n) is 11.4. The summed E-state index contributed by atoms with van der Waals surface area (Å²) in [4.78, 5) is 4.42. The lowest BCUT2D eigenvalue weighted by Crippen LogP contribution is -2.38. The first-order chi connectivity index (χ1) is 15.5. The number of aromatic nitrogens is 1. The maximum Gasteiger partial charge on any atom is 0.131 e. The lowest BCUT2D eigenvalue weighted by molar-refractivity contribution is 0.164. The van der Waals surface area contributed by atoms with Gasteiger partial charge in [-0.15, -0.1) is 0 Å². The quantitative estimate of drug-likeness (QED) is 0.391. The van der Waals surface area contributed by atoms with Gasteiger partial charge in [0.1, 0.15) is 11.6 Å². The van der Waals surface area contributed by atoms with E-state index in [9.17, 15) is 9.50 Å². The van der Waals surface area contributed by atoms with Gasteiger partial charge in [0.2, 0.25) is 0 Å². The van der Waals surface area contributed by atoms with E-state index < -0.39 is 5.60 Å². The molecule has 0 amide bonds. The van der Waals surface area contributed by atoms with Crippen LogP contribution in [0.5, 0.6) is 0 Å². The van der Waals surface area contributed by atoms with Crippen molar-refractivity contribution < 1.29 is 14.2 Å². The van der Waals surface area contributed by atoms with Crippen molar-refractivity contribution >= 4 is 23.1 Å². The van der Waals surface area contributed by atoms with Crippen molar-refractivity contribution in [2.45, 2.75) is 56.2 Å². The van der Waals surface area contributed by atoms with Crippen LogP contribution in [0.15, 0.2) is 30.5 Å². The van der Waals surface area contributed by atoms with Gasteiger partial charge in [-0.25, -0.2) is 9.37 Å². The van der Waals surface area contributed by atoms with E-state index in [0.29, 0.717) is 40.6 Å². The Balaban J connectivity index is 1.41. The fourth-order valence-corrected chi connectivity index (χ4v) is 4.37. The predicted octanol–water partition coefficient (Wildman–Crippen LogP) is 4.44. The normalized spacial score (nSPS) is 21.9. The van der Waals surface area contributed by atoms with Crippen LogP contribution in [0.1, 0.15) is 38.5 Å². The number of nitrogens with one attached hydrogen (secondary N) is 3. The molecule has 0 bridgehead atoms. The molecule has 0 atom stereocenters. The Kier molecular flexibility index (Phi) is 7.51. The highest BCUT2D eigenvalue weighted by atomic mass is 35.5. The number of nitrogens with zero attached hydrogens (tertiary/aromatic N) is 1. The number of rotatable bonds is 10. The van der Waals surface area contributed by atoms with E-state index in [1.165, 1.54) is 6.07 Å². The number of hydrogen-bond acceptors (Lipinski definition) is 6. The van der Waals surface area contributed by atoms with Gasteiger partial charge in [0.15, 0.2) is 0 Å². The third-order valence-corrected chi connectivity index (χ3v) is 6.68. The number of methoxy groups -OCH3 is 1. The molecule has 1 heterocycles. The highest BCUT2D eigenvalue weighted by molar-refractivity contribution is 6.33. The molecule has 2 aliphatic carbocycles. The standard InChI is InChI=1S/C24H32ClFN4O2/c1-32-11-10-27-16-2-4-17(5-3-16)30-23-13-19(21(25)14-28-23)20-12-18(6-7-22(20)26)29-15-24(31)8-9-24/h6-7,12-14,16-17,27,29,31H,2-5,8-11,15H2,1H3,(H,28,30)/t16-,17-. The van der Waals surface area contributed by atoms with Crippen molar-refractivity contribution in [1.29, 1.82) is 0 Å². The lowest BCUT2D eigenvalue weighted by Gasteiger charge is -2.30. The number of benzene rings is 1. The summed E-state index contributed by atoms with van der Waals surface area (Å²) in [5, 5.41) is 20.7. The Morgan fingerprint density at radius 2 is 1.91 bits per heavy atom. The van der Waals surface area contributed by atoms with Gasteiger partial charge < -0.3 is 25.8 Å². The number of halogens is 2. The SMILES string of the molecule is COCCN[C@H]1CC[C@H](Nc2cc(-c3cc(NCC4(O)CC4)ccc3F)c(Cl)cn2)CC1. The number of ether oxygens (including phenoxy) is 1. The van der Waals surface area contributed by atoms with E-state index in [4.69, 9.17) is 16.3 Å². The molecule has 4 N–H and O–H groups in total. The first kappa shape index (κ1) is 23.2. The maximum atomic E-state index is 14.7. The molecule has 0 aliphatic heterocycles. The highest BCUT2D eigenvalue weighted by Gasteiger charge is 2.39. The molecule has 0 spiro atoms. The van der Waals surface area contributed by atoms with E-state index in [2.05, 4.69) is 20.9 Å². The molecule has 2 fully saturated rings. The van der Waals surface area contributed by atoms with Crippen LogP contribution in [0.2, 0.25) is 5.02 Å². The van der Waals surface area contributed by atoms with E-state index in [1.807, 2.05) is 6.07 Å². The Morgan fingerprint density at radius 1 is 1.16 bits per heavy atom. The molecule has 0 saturated heterocycles. The van der Waals surface area contributed by atoms with Gasteiger partial charge in [-0.2, -0.15) is 0 Å². The third-order valence-electron chi connectivity index (χ3n) is 6.38. The zero-order valence-electron chi connectivity index (χ0n) is 18.5. The number of anilines is 2. The zero-order chi connectivity index (χ0) is 22.6. The summed E-state index contributed by atoms with van der Waals surface area (Å²) in [6.07, 6.45) is 7.44. The van der Waals surface area contributed by atoms with Crippen LogP contribution in [0, 0.1) is 5.82 Å². The minimum atomic E-state index is -0.627. The van der Waals surface area contributed by atoms with E-state index in [0.717, 1.165) is 57.4 Å². The lowest BCUT2D eigenvalue weighted by atomic mass is 9.91. The van der Waals surface area contributed by atoms with Crippen LogP contribution in [0.3, 0.4) is 0 Å². The Hall–Kier alpha value is -1.93. The summed E-state index contributed by atoms with van der Waals surface area (Å²) in [5.74, 6) is 0.354. The summed E-state index contributed by atoms with van der Waals surface area (Å²) in [5.41, 5.74) is 1.14. The van der Waals surface area contributed by atoms with Crippen molar-refractivity contribution in [3.05, 3.63) is 41.3 Å². The molecule has 2 aliphatic rings. The fraction of sp³-hybridized carbons (Fsp3) is 0.542. The van der Waals surface area contributed by atoms with Crippen molar-refractivity contribution in [2.75, 3.05) is 37.4 Å². The van der Waals surface area contributed by atoms with Gasteiger partial charge in [0, 0.05) is 55.3 Å². The van der Waals surface area contributed by atoms with Crippen molar-refractivity contribution in [3.8, 4) is 11.1 Å². The second-order valence-electron chi connectivity index (χ2n) is 8.96. The van der Waals surface area contributed by atoms with Crippen molar-refractivity contribution in [3.63, 3.8) is 0 Å². The molecule has 0 radical (unpaired) electrons. The van der Waals surface area contributed by atoms with Crippen LogP contribution >= 0.6 is 11.6 Å². The molecule has 1 aromatic heterocycles. The average Bonchev–Trinajstić information content (AvgIpc) is 3.53. The zero-order valence-corrected chi connectivity index (χ0v) is 19.2. The summed E-state index contributed by atoms with van der Waals surface area (Å²) >= 11 is 6.40. The molecule has 8 heteroatoms. The molecule has 174 valence electrons. The molecule has 6 nitrogen and oxygen atoms in total. The van der Waals surface area contributed by atoms with Crippen LogP contribution in [-0.2, 0) is 4.74 Å². The molecular weight excluding hydrogens is 431 g/mol. The van der Waals surface area contributed by atoms with Gasteiger partial charge in [-0.1, -0.05) is 11.6 Å². The van der Waals surface area contributed by atoms with Crippen LogP contribution in [-0.4, -0.2) is 54.6 Å². The van der Waals surface area contributed by atoms with Crippen molar-refractivity contribution in [1.82, 2.24) is 10.3 Å². The fourth-order valence-electron chi connectivity index (χ4n) is 4.17. The largest absolute Gasteiger partial charge is 0.388 e. The predicted molar refractivity (Wildman–Crippen MR) is 127 cm³/mol. The number of hydrogen-bond donors (Lipinski definition) is 4. The monoisotopic (exact) mass is 462 g/mol. The third kappa shape index (κ3) is 6.10. The summed E-state index contributed by atoms with van der Waals surface area (Å²) in [6, 6.07) is 7.52. The Labute approximate surface area is 193 Å². The Morgan fingerprint density at radius 3 is 2.62 bits per heavy atom. The van der Waals surface area contributed by atoms with E-state index in [-0.39, 0.29) is 5.82 Å². The minimum Gasteiger partial charge on any atom is -0.388 e. The van der Waals surface area contributed by atoms with Crippen LogP contribution in [0.4, 0.5) is 15.9 Å². The van der Waals surface area contributed by atoms with Gasteiger partial charge in [-0.05, 0) is 62.8 Å². The number of aliphatic hydroxyl groups is 1. The van der Waals surface area contributed by atoms with Crippen molar-refractivity contribution in [2.24, 2.45) is 0 Å². The van der Waals surface area contributed by atoms with Crippen LogP contribution < -0.4 is 16.0 Å². The molecule has 1 aromatic carbocycles. The minimum absolute atomic E-state index is 0.328. The van der Waals surface area contributed by atoms with Gasteiger partial charge >= 0.3 is 0 Å². The smallest absolute Gasteiger partial charge is 0.131 e. The van der Waals surface area contributed by atoms with Gasteiger partial charge in [-0.3, -0.25) is 0 Å². The Bertz CT molecular complexity index is 917. The summed E-state index contributed by atoms with van der Waals surface area (Å²) in [7, 11) is 1.72. The van der Waals surface area contributed by atoms with E-state index in [1.54, 1.807) is 25.4 Å². The highest BCUT2D eigenvalue weighted by Crippen LogP contribution is 2.36. The second kappa shape index (κ2) is 10.3. The molecule has 2 aromatic rings. The summed E-state index contributed by atoms with van der Waals surface area (Å²) in [6.45, 7) is 2.06. The van der Waals surface area contributed by atoms with Gasteiger partial charge in [0.25, 0.3) is 0 Å². The first-order valence-corrected chi connectivity index (χ1v) is 11.7. The van der Waals surface area contributed by atoms with Gasteiger partial charge in [0.05, 0.1) is 17.2 Å².